The molecule has 0 spiro atoms. The Morgan fingerprint density at radius 2 is 2.11 bits per heavy atom. The van der Waals surface area contributed by atoms with Crippen molar-refractivity contribution in [3.05, 3.63) is 28.2 Å². The van der Waals surface area contributed by atoms with Gasteiger partial charge in [0.15, 0.2) is 0 Å². The Morgan fingerprint density at radius 3 is 2.61 bits per heavy atom. The molecule has 96 valence electrons. The highest BCUT2D eigenvalue weighted by Crippen LogP contribution is 2.23. The van der Waals surface area contributed by atoms with E-state index in [-0.39, 0.29) is 5.69 Å². The van der Waals surface area contributed by atoms with Gasteiger partial charge in [0.05, 0.1) is 17.3 Å². The van der Waals surface area contributed by atoms with Gasteiger partial charge in [-0.3, -0.25) is 0 Å². The zero-order chi connectivity index (χ0) is 13.8. The summed E-state index contributed by atoms with van der Waals surface area (Å²) in [5.74, 6) is 0. The smallest absolute Gasteiger partial charge is 0.329 e. The minimum atomic E-state index is -4.46. The van der Waals surface area contributed by atoms with Crippen molar-refractivity contribution >= 4 is 27.6 Å². The lowest BCUT2D eigenvalue weighted by molar-refractivity contribution is -0.122. The molecule has 1 aromatic carbocycles. The largest absolute Gasteiger partial charge is 0.405 e. The molecular weight excluding hydrogens is 315 g/mol. The summed E-state index contributed by atoms with van der Waals surface area (Å²) >= 11 is 3.09. The predicted molar refractivity (Wildman–Crippen MR) is 61.9 cm³/mol. The van der Waals surface area contributed by atoms with Crippen LogP contribution < -0.4 is 10.6 Å². The molecule has 0 fully saturated rings. The van der Waals surface area contributed by atoms with Gasteiger partial charge in [0.2, 0.25) is 0 Å². The number of nitrogens with one attached hydrogen (secondary N) is 2. The summed E-state index contributed by atoms with van der Waals surface area (Å²) in [5, 5.41) is 12.5. The maximum Gasteiger partial charge on any atom is 0.405 e. The Morgan fingerprint density at radius 1 is 1.44 bits per heavy atom. The average molecular weight is 322 g/mol. The molecule has 0 saturated heterocycles. The predicted octanol–water partition coefficient (Wildman–Crippen LogP) is 3.00. The van der Waals surface area contributed by atoms with Crippen LogP contribution >= 0.6 is 15.9 Å². The first-order valence-corrected chi connectivity index (χ1v) is 5.42. The number of carbonyl (C=O) groups is 1. The van der Waals surface area contributed by atoms with Crippen LogP contribution in [0.5, 0.6) is 0 Å². The zero-order valence-electron chi connectivity index (χ0n) is 8.81. The summed E-state index contributed by atoms with van der Waals surface area (Å²) in [6, 6.07) is 5.20. The third kappa shape index (κ3) is 4.63. The molecule has 0 atom stereocenters. The molecule has 2 N–H and O–H groups in total. The maximum atomic E-state index is 11.8. The van der Waals surface area contributed by atoms with E-state index in [1.807, 2.05) is 6.07 Å². The van der Waals surface area contributed by atoms with Gasteiger partial charge in [-0.2, -0.15) is 18.4 Å². The van der Waals surface area contributed by atoms with Gasteiger partial charge in [-0.15, -0.1) is 0 Å². The number of amides is 2. The summed E-state index contributed by atoms with van der Waals surface area (Å²) in [4.78, 5) is 11.2. The summed E-state index contributed by atoms with van der Waals surface area (Å²) in [7, 11) is 0. The SMILES string of the molecule is N#Cc1ccc(NC(=O)NCC(F)(F)F)c(Br)c1. The number of benzene rings is 1. The average Bonchev–Trinajstić information content (AvgIpc) is 2.28. The van der Waals surface area contributed by atoms with Gasteiger partial charge in [0.1, 0.15) is 6.54 Å². The second-order valence-corrected chi connectivity index (χ2v) is 4.08. The molecule has 0 aliphatic carbocycles. The molecular formula is C10H7BrF3N3O. The number of halogens is 4. The molecule has 0 aliphatic heterocycles. The van der Waals surface area contributed by atoms with Crippen molar-refractivity contribution in [3.63, 3.8) is 0 Å². The Labute approximate surface area is 109 Å². The monoisotopic (exact) mass is 321 g/mol. The van der Waals surface area contributed by atoms with E-state index in [4.69, 9.17) is 5.26 Å². The minimum Gasteiger partial charge on any atom is -0.329 e. The standard InChI is InChI=1S/C10H7BrF3N3O/c11-7-3-6(4-15)1-2-8(7)17-9(18)16-5-10(12,13)14/h1-3H,5H2,(H2,16,17,18). The topological polar surface area (TPSA) is 64.9 Å². The Kier molecular flexibility index (Phi) is 4.55. The van der Waals surface area contributed by atoms with Gasteiger partial charge in [-0.1, -0.05) is 0 Å². The van der Waals surface area contributed by atoms with Crippen molar-refractivity contribution in [2.24, 2.45) is 0 Å². The zero-order valence-corrected chi connectivity index (χ0v) is 10.4. The van der Waals surface area contributed by atoms with Crippen molar-refractivity contribution in [2.75, 3.05) is 11.9 Å². The number of nitrogens with zero attached hydrogens (tertiary/aromatic N) is 1. The number of urea groups is 1. The molecule has 0 radical (unpaired) electrons. The van der Waals surface area contributed by atoms with Crippen molar-refractivity contribution in [2.45, 2.75) is 6.18 Å². The Bertz CT molecular complexity index is 496. The van der Waals surface area contributed by atoms with Crippen LogP contribution in [0.1, 0.15) is 5.56 Å². The maximum absolute atomic E-state index is 11.8. The van der Waals surface area contributed by atoms with Crippen LogP contribution in [0.15, 0.2) is 22.7 Å². The molecule has 18 heavy (non-hydrogen) atoms. The molecule has 0 heterocycles. The molecule has 0 saturated carbocycles. The second-order valence-electron chi connectivity index (χ2n) is 3.23. The number of rotatable bonds is 2. The summed E-state index contributed by atoms with van der Waals surface area (Å²) in [6.45, 7) is -1.41. The molecule has 1 aromatic rings. The molecule has 8 heteroatoms. The highest BCUT2D eigenvalue weighted by molar-refractivity contribution is 9.10. The summed E-state index contributed by atoms with van der Waals surface area (Å²) < 4.78 is 35.9. The van der Waals surface area contributed by atoms with E-state index in [0.717, 1.165) is 0 Å². The summed E-state index contributed by atoms with van der Waals surface area (Å²) in [6.07, 6.45) is -4.46. The number of hydrogen-bond acceptors (Lipinski definition) is 2. The highest BCUT2D eigenvalue weighted by Gasteiger charge is 2.27. The number of carbonyl (C=O) groups excluding carboxylic acids is 1. The van der Waals surface area contributed by atoms with Crippen LogP contribution in [0.25, 0.3) is 0 Å². The fraction of sp³-hybridized carbons (Fsp3) is 0.200. The first-order chi connectivity index (χ1) is 8.31. The summed E-state index contributed by atoms with van der Waals surface area (Å²) in [5.41, 5.74) is 0.636. The van der Waals surface area contributed by atoms with Gasteiger partial charge in [-0.25, -0.2) is 4.79 Å². The molecule has 1 rings (SSSR count). The first-order valence-electron chi connectivity index (χ1n) is 4.63. The van der Waals surface area contributed by atoms with Crippen LogP contribution in [0.4, 0.5) is 23.7 Å². The van der Waals surface area contributed by atoms with E-state index in [1.165, 1.54) is 18.2 Å². The van der Waals surface area contributed by atoms with Crippen molar-refractivity contribution in [3.8, 4) is 6.07 Å². The second kappa shape index (κ2) is 5.73. The fourth-order valence-electron chi connectivity index (χ4n) is 1.03. The lowest BCUT2D eigenvalue weighted by Gasteiger charge is -2.10. The first kappa shape index (κ1) is 14.3. The van der Waals surface area contributed by atoms with Crippen LogP contribution in [0.2, 0.25) is 0 Å². The number of anilines is 1. The molecule has 2 amide bonds. The van der Waals surface area contributed by atoms with E-state index in [1.54, 1.807) is 5.32 Å². The molecule has 0 aromatic heterocycles. The van der Waals surface area contributed by atoms with Crippen LogP contribution in [-0.4, -0.2) is 18.8 Å². The van der Waals surface area contributed by atoms with E-state index in [9.17, 15) is 18.0 Å². The number of nitriles is 1. The normalized spacial score (nSPS) is 10.6. The quantitative estimate of drug-likeness (QED) is 0.879. The van der Waals surface area contributed by atoms with E-state index >= 15 is 0 Å². The molecule has 0 aliphatic rings. The van der Waals surface area contributed by atoms with Gasteiger partial charge in [-0.05, 0) is 34.1 Å². The van der Waals surface area contributed by atoms with E-state index in [2.05, 4.69) is 21.2 Å². The fourth-order valence-corrected chi connectivity index (χ4v) is 1.51. The lowest BCUT2D eigenvalue weighted by atomic mass is 10.2. The van der Waals surface area contributed by atoms with E-state index < -0.39 is 18.8 Å². The van der Waals surface area contributed by atoms with Gasteiger partial charge in [0, 0.05) is 4.47 Å². The number of alkyl halides is 3. The Hall–Kier alpha value is -1.75. The minimum absolute atomic E-state index is 0.272. The van der Waals surface area contributed by atoms with Crippen molar-refractivity contribution in [1.82, 2.24) is 5.32 Å². The third-order valence-electron chi connectivity index (χ3n) is 1.80. The third-order valence-corrected chi connectivity index (χ3v) is 2.45. The van der Waals surface area contributed by atoms with Gasteiger partial charge >= 0.3 is 12.2 Å². The van der Waals surface area contributed by atoms with Crippen molar-refractivity contribution in [1.29, 1.82) is 5.26 Å². The van der Waals surface area contributed by atoms with Gasteiger partial charge < -0.3 is 10.6 Å². The van der Waals surface area contributed by atoms with E-state index in [0.29, 0.717) is 10.0 Å². The highest BCUT2D eigenvalue weighted by atomic mass is 79.9. The molecule has 0 bridgehead atoms. The lowest BCUT2D eigenvalue weighted by Crippen LogP contribution is -2.36. The van der Waals surface area contributed by atoms with Crippen molar-refractivity contribution < 1.29 is 18.0 Å². The molecule has 0 unspecified atom stereocenters. The van der Waals surface area contributed by atoms with Crippen LogP contribution in [-0.2, 0) is 0 Å². The van der Waals surface area contributed by atoms with Crippen LogP contribution in [0, 0.1) is 11.3 Å². The van der Waals surface area contributed by atoms with Gasteiger partial charge in [0.25, 0.3) is 0 Å². The Balaban J connectivity index is 2.63. The molecule has 4 nitrogen and oxygen atoms in total. The number of hydrogen-bond donors (Lipinski definition) is 2. The van der Waals surface area contributed by atoms with Crippen LogP contribution in [0.3, 0.4) is 0 Å².